The summed E-state index contributed by atoms with van der Waals surface area (Å²) in [5.74, 6) is -1.49. The average Bonchev–Trinajstić information content (AvgIpc) is 3.32. The Morgan fingerprint density at radius 1 is 1.10 bits per heavy atom. The molecule has 5 N–H and O–H groups in total. The van der Waals surface area contributed by atoms with E-state index in [0.29, 0.717) is 5.39 Å². The van der Waals surface area contributed by atoms with E-state index in [1.54, 1.807) is 37.3 Å². The molecule has 1 saturated heterocycles. The number of methoxy groups -OCH3 is 2. The highest BCUT2D eigenvalue weighted by Gasteiger charge is 2.84. The van der Waals surface area contributed by atoms with Crippen LogP contribution in [0.4, 0.5) is 5.95 Å². The quantitative estimate of drug-likeness (QED) is 0.120. The number of hydrogen-bond acceptors (Lipinski definition) is 15. The molecule has 2 fully saturated rings. The van der Waals surface area contributed by atoms with Gasteiger partial charge in [-0.3, -0.25) is 18.7 Å². The molecule has 0 bridgehead atoms. The Morgan fingerprint density at radius 3 is 2.42 bits per heavy atom. The van der Waals surface area contributed by atoms with Crippen LogP contribution in [-0.2, 0) is 32.9 Å². The van der Waals surface area contributed by atoms with Crippen molar-refractivity contribution < 1.29 is 52.4 Å². The van der Waals surface area contributed by atoms with Gasteiger partial charge in [0, 0.05) is 0 Å². The fourth-order valence-electron chi connectivity index (χ4n) is 6.18. The van der Waals surface area contributed by atoms with Crippen LogP contribution in [0.3, 0.4) is 0 Å². The van der Waals surface area contributed by atoms with Crippen LogP contribution in [0.2, 0.25) is 0 Å². The third-order valence-corrected chi connectivity index (χ3v) is 10.8. The first kappa shape index (κ1) is 37.4. The van der Waals surface area contributed by atoms with Gasteiger partial charge >= 0.3 is 19.7 Å². The minimum Gasteiger partial charge on any atom is -0.479 e. The fraction of sp³-hybridized carbons (Fsp3) is 0.500. The van der Waals surface area contributed by atoms with Crippen LogP contribution < -0.4 is 20.1 Å². The highest BCUT2D eigenvalue weighted by molar-refractivity contribution is 7.52. The van der Waals surface area contributed by atoms with Crippen molar-refractivity contribution in [3.05, 3.63) is 48.3 Å². The van der Waals surface area contributed by atoms with Gasteiger partial charge in [0.15, 0.2) is 23.0 Å². The van der Waals surface area contributed by atoms with Gasteiger partial charge in [-0.1, -0.05) is 45.0 Å². The molecule has 2 aromatic heterocycles. The second-order valence-corrected chi connectivity index (χ2v) is 16.1. The molecule has 0 spiro atoms. The minimum atomic E-state index is -4.55. The zero-order valence-electron chi connectivity index (χ0n) is 30.0. The number of nitrogens with zero attached hydrogens (tertiary/aromatic N) is 4. The van der Waals surface area contributed by atoms with Crippen molar-refractivity contribution in [2.24, 2.45) is 5.41 Å². The summed E-state index contributed by atoms with van der Waals surface area (Å²) >= 11 is 0. The van der Waals surface area contributed by atoms with Gasteiger partial charge in [-0.05, 0) is 54.7 Å². The summed E-state index contributed by atoms with van der Waals surface area (Å²) in [5, 5.41) is 27.7. The maximum Gasteiger partial charge on any atom is 0.459 e. The van der Waals surface area contributed by atoms with Gasteiger partial charge in [0.25, 0.3) is 0 Å². The maximum atomic E-state index is 14.6. The Hall–Kier alpha value is -4.38. The number of aromatic nitrogens is 4. The van der Waals surface area contributed by atoms with E-state index >= 15 is 0 Å². The van der Waals surface area contributed by atoms with Gasteiger partial charge in [0.1, 0.15) is 29.6 Å². The van der Waals surface area contributed by atoms with E-state index in [1.165, 1.54) is 39.0 Å². The summed E-state index contributed by atoms with van der Waals surface area (Å²) in [4.78, 5) is 37.5. The third-order valence-electron chi connectivity index (χ3n) is 9.17. The lowest BCUT2D eigenvalue weighted by atomic mass is 9.95. The molecule has 1 aliphatic heterocycles. The summed E-state index contributed by atoms with van der Waals surface area (Å²) in [6.45, 7) is 10.3. The van der Waals surface area contributed by atoms with Crippen molar-refractivity contribution in [3.63, 3.8) is 0 Å². The number of benzene rings is 2. The summed E-state index contributed by atoms with van der Waals surface area (Å²) in [6.07, 6.45) is -2.47. The molecular formula is C34H43N6O11P. The van der Waals surface area contributed by atoms with E-state index in [1.807, 2.05) is 26.8 Å². The second kappa shape index (κ2) is 13.2. The average molecular weight is 743 g/mol. The van der Waals surface area contributed by atoms with E-state index in [2.05, 4.69) is 20.0 Å². The van der Waals surface area contributed by atoms with Crippen molar-refractivity contribution in [3.8, 4) is 11.6 Å². The predicted molar refractivity (Wildman–Crippen MR) is 186 cm³/mol. The van der Waals surface area contributed by atoms with Gasteiger partial charge in [-0.15, -0.1) is 0 Å². The zero-order chi connectivity index (χ0) is 38.0. The molecule has 2 aromatic carbocycles. The largest absolute Gasteiger partial charge is 0.479 e. The molecule has 3 heterocycles. The molecule has 4 aromatic rings. The van der Waals surface area contributed by atoms with Crippen LogP contribution in [0.5, 0.6) is 11.6 Å². The number of nitrogens with one attached hydrogen (secondary N) is 1. The van der Waals surface area contributed by atoms with Crippen molar-refractivity contribution in [1.82, 2.24) is 24.6 Å². The summed E-state index contributed by atoms with van der Waals surface area (Å²) in [6, 6.07) is 9.06. The Balaban J connectivity index is 1.27. The number of anilines is 1. The highest BCUT2D eigenvalue weighted by atomic mass is 31.2. The topological polar surface area (TPSA) is 229 Å². The molecule has 52 heavy (non-hydrogen) atoms. The van der Waals surface area contributed by atoms with Crippen molar-refractivity contribution in [2.45, 2.75) is 83.1 Å². The van der Waals surface area contributed by atoms with Crippen molar-refractivity contribution in [1.29, 1.82) is 0 Å². The predicted octanol–water partition coefficient (Wildman–Crippen LogP) is 3.38. The smallest absolute Gasteiger partial charge is 0.459 e. The first-order valence-corrected chi connectivity index (χ1v) is 18.0. The van der Waals surface area contributed by atoms with Gasteiger partial charge < -0.3 is 39.4 Å². The summed E-state index contributed by atoms with van der Waals surface area (Å²) in [7, 11) is -1.84. The molecule has 0 amide bonds. The number of imidazole rings is 1. The summed E-state index contributed by atoms with van der Waals surface area (Å²) in [5.41, 5.74) is 2.54. The van der Waals surface area contributed by atoms with E-state index < -0.39 is 55.3 Å². The molecule has 8 atom stereocenters. The number of carbonyl (C=O) groups is 2. The lowest BCUT2D eigenvalue weighted by Crippen LogP contribution is -2.49. The first-order chi connectivity index (χ1) is 24.3. The number of esters is 2. The first-order valence-electron chi connectivity index (χ1n) is 16.5. The summed E-state index contributed by atoms with van der Waals surface area (Å²) < 4.78 is 49.6. The van der Waals surface area contributed by atoms with E-state index in [4.69, 9.17) is 33.7 Å². The molecular weight excluding hydrogens is 699 g/mol. The highest BCUT2D eigenvalue weighted by Crippen LogP contribution is 2.65. The standard InChI is InChI=1S/C34H43N6O11P/c1-17(28(41)47-8)19-9-10-21-14-22(12-11-20(21)13-19)50-52(45,39-18(2)29(42)48-15-32(3,4)5)51-25-24-34(25,44)33(6,43)30(49-24)40-16-36-23-26(40)37-31(35)38-27(23)46-7/h9-14,16-18,24-25,30,43-44H,15H2,1-8H3,(H,39,45)(H2,35,37,38)/t17-,18-,24+,25?,30?,33-,34-,52?/m0/s1. The van der Waals surface area contributed by atoms with Crippen LogP contribution in [0.25, 0.3) is 21.9 Å². The van der Waals surface area contributed by atoms with Gasteiger partial charge in [0.2, 0.25) is 11.8 Å². The number of aliphatic hydroxyl groups is 2. The second-order valence-electron chi connectivity index (χ2n) is 14.4. The molecule has 0 radical (unpaired) electrons. The van der Waals surface area contributed by atoms with Crippen LogP contribution in [-0.4, -0.2) is 91.9 Å². The third kappa shape index (κ3) is 6.68. The van der Waals surface area contributed by atoms with Crippen molar-refractivity contribution >= 4 is 47.6 Å². The number of nitrogen functional groups attached to an aromatic ring is 1. The number of carbonyl (C=O) groups excluding carboxylic acids is 2. The van der Waals surface area contributed by atoms with Gasteiger partial charge in [-0.25, -0.2) is 9.55 Å². The Bertz CT molecular complexity index is 2080. The lowest BCUT2D eigenvalue weighted by Gasteiger charge is -2.33. The molecule has 2 aliphatic rings. The normalized spacial score (nSPS) is 26.3. The molecule has 1 saturated carbocycles. The zero-order valence-corrected chi connectivity index (χ0v) is 30.9. The molecule has 3 unspecified atom stereocenters. The van der Waals surface area contributed by atoms with Crippen LogP contribution in [0, 0.1) is 5.41 Å². The number of fused-ring (bicyclic) bond motifs is 3. The number of hydrogen-bond donors (Lipinski definition) is 4. The fourth-order valence-corrected chi connectivity index (χ4v) is 7.88. The Morgan fingerprint density at radius 2 is 1.79 bits per heavy atom. The lowest BCUT2D eigenvalue weighted by molar-refractivity contribution is -0.155. The molecule has 17 nitrogen and oxygen atoms in total. The minimum absolute atomic E-state index is 0.0963. The molecule has 18 heteroatoms. The number of rotatable bonds is 12. The van der Waals surface area contributed by atoms with Crippen LogP contribution in [0.1, 0.15) is 59.3 Å². The van der Waals surface area contributed by atoms with E-state index in [9.17, 15) is 24.4 Å². The van der Waals surface area contributed by atoms with E-state index in [0.717, 1.165) is 10.9 Å². The van der Waals surface area contributed by atoms with Crippen molar-refractivity contribution in [2.75, 3.05) is 26.6 Å². The van der Waals surface area contributed by atoms with Crippen LogP contribution >= 0.6 is 7.75 Å². The van der Waals surface area contributed by atoms with Crippen LogP contribution in [0.15, 0.2) is 42.7 Å². The Labute approximate surface area is 299 Å². The maximum absolute atomic E-state index is 14.6. The van der Waals surface area contributed by atoms with Gasteiger partial charge in [-0.2, -0.15) is 15.1 Å². The molecule has 6 rings (SSSR count). The Kier molecular flexibility index (Phi) is 9.51. The monoisotopic (exact) mass is 742 g/mol. The number of nitrogens with two attached hydrogens (primary N) is 1. The van der Waals surface area contributed by atoms with Gasteiger partial charge in [0.05, 0.1) is 33.1 Å². The number of ether oxygens (including phenoxy) is 4. The van der Waals surface area contributed by atoms with E-state index in [-0.39, 0.29) is 46.7 Å². The molecule has 280 valence electrons. The molecule has 1 aliphatic carbocycles. The SMILES string of the molecule is COC(=O)[C@@H](C)c1ccc2cc(OP(=O)(N[C@@H](C)C(=O)OCC(C)(C)C)OC3[C@H]4OC(n5cnc6c(OC)nc(N)nc65)[C@](C)(O)[C@@]34O)ccc2c1.